The third-order valence-corrected chi connectivity index (χ3v) is 1.51. The number of aromatic amines is 1. The molecule has 1 rings (SSSR count). The molecule has 0 spiro atoms. The quantitative estimate of drug-likeness (QED) is 0.764. The standard InChI is InChI=1S/C7H4F3NO3/c8-2-1-11-6(12)4(5(9)10)3(2)7(13)14/h1,5H,(H,11,12)(H,13,14). The lowest BCUT2D eigenvalue weighted by Gasteiger charge is -2.03. The molecule has 1 aromatic heterocycles. The van der Waals surface area contributed by atoms with Crippen LogP contribution in [0.1, 0.15) is 22.3 Å². The summed E-state index contributed by atoms with van der Waals surface area (Å²) in [5, 5.41) is 8.39. The number of carboxylic acid groups (broad SMARTS) is 1. The van der Waals surface area contributed by atoms with E-state index in [4.69, 9.17) is 5.11 Å². The molecule has 0 aromatic carbocycles. The molecule has 7 heteroatoms. The summed E-state index contributed by atoms with van der Waals surface area (Å²) in [5.41, 5.74) is -3.96. The maximum absolute atomic E-state index is 12.8. The van der Waals surface area contributed by atoms with Crippen molar-refractivity contribution in [3.8, 4) is 0 Å². The molecule has 76 valence electrons. The molecule has 0 saturated carbocycles. The average molecular weight is 207 g/mol. The molecule has 0 atom stereocenters. The van der Waals surface area contributed by atoms with Gasteiger partial charge in [0.05, 0.1) is 0 Å². The van der Waals surface area contributed by atoms with Crippen LogP contribution in [-0.2, 0) is 0 Å². The van der Waals surface area contributed by atoms with Gasteiger partial charge in [0, 0.05) is 6.20 Å². The van der Waals surface area contributed by atoms with Crippen LogP contribution in [0.4, 0.5) is 13.2 Å². The van der Waals surface area contributed by atoms with Crippen molar-refractivity contribution >= 4 is 5.97 Å². The molecular formula is C7H4F3NO3. The summed E-state index contributed by atoms with van der Waals surface area (Å²) < 4.78 is 37.1. The van der Waals surface area contributed by atoms with E-state index >= 15 is 0 Å². The van der Waals surface area contributed by atoms with E-state index in [0.717, 1.165) is 0 Å². The first-order valence-corrected chi connectivity index (χ1v) is 3.37. The molecule has 0 aliphatic heterocycles. The predicted molar refractivity (Wildman–Crippen MR) is 38.9 cm³/mol. The summed E-state index contributed by atoms with van der Waals surface area (Å²) in [4.78, 5) is 22.8. The number of aromatic carboxylic acids is 1. The van der Waals surface area contributed by atoms with Gasteiger partial charge in [0.15, 0.2) is 5.82 Å². The van der Waals surface area contributed by atoms with Crippen LogP contribution >= 0.6 is 0 Å². The molecule has 0 unspecified atom stereocenters. The van der Waals surface area contributed by atoms with Crippen LogP contribution < -0.4 is 5.56 Å². The molecular weight excluding hydrogens is 203 g/mol. The molecule has 0 fully saturated rings. The Kier molecular flexibility index (Phi) is 2.59. The lowest BCUT2D eigenvalue weighted by atomic mass is 10.1. The van der Waals surface area contributed by atoms with Gasteiger partial charge in [0.2, 0.25) is 0 Å². The molecule has 0 amide bonds. The van der Waals surface area contributed by atoms with Crippen molar-refractivity contribution in [1.29, 1.82) is 0 Å². The normalized spacial score (nSPS) is 10.6. The molecule has 0 radical (unpaired) electrons. The number of H-pyrrole nitrogens is 1. The number of carboxylic acids is 1. The number of pyridine rings is 1. The molecule has 0 aliphatic carbocycles. The molecule has 14 heavy (non-hydrogen) atoms. The first kappa shape index (κ1) is 10.3. The van der Waals surface area contributed by atoms with E-state index in [1.165, 1.54) is 0 Å². The summed E-state index contributed by atoms with van der Waals surface area (Å²) in [6, 6.07) is 0. The number of alkyl halides is 2. The Morgan fingerprint density at radius 3 is 2.43 bits per heavy atom. The zero-order chi connectivity index (χ0) is 10.9. The second-order valence-electron chi connectivity index (χ2n) is 2.36. The average Bonchev–Trinajstić information content (AvgIpc) is 2.07. The fraction of sp³-hybridized carbons (Fsp3) is 0.143. The van der Waals surface area contributed by atoms with Crippen molar-refractivity contribution in [3.63, 3.8) is 0 Å². The molecule has 2 N–H and O–H groups in total. The van der Waals surface area contributed by atoms with Crippen LogP contribution in [0.2, 0.25) is 0 Å². The zero-order valence-corrected chi connectivity index (χ0v) is 6.55. The topological polar surface area (TPSA) is 70.2 Å². The Bertz CT molecular complexity index is 427. The number of aromatic nitrogens is 1. The first-order chi connectivity index (χ1) is 6.45. The minimum Gasteiger partial charge on any atom is -0.478 e. The van der Waals surface area contributed by atoms with Gasteiger partial charge in [0.1, 0.15) is 11.1 Å². The number of carbonyl (C=O) groups is 1. The highest BCUT2D eigenvalue weighted by atomic mass is 19.3. The first-order valence-electron chi connectivity index (χ1n) is 3.37. The van der Waals surface area contributed by atoms with E-state index in [2.05, 4.69) is 0 Å². The van der Waals surface area contributed by atoms with Gasteiger partial charge in [-0.3, -0.25) is 4.79 Å². The van der Waals surface area contributed by atoms with E-state index < -0.39 is 34.9 Å². The van der Waals surface area contributed by atoms with Crippen molar-refractivity contribution in [2.75, 3.05) is 0 Å². The third kappa shape index (κ3) is 1.61. The summed E-state index contributed by atoms with van der Waals surface area (Å²) in [6.07, 6.45) is -2.90. The highest BCUT2D eigenvalue weighted by Crippen LogP contribution is 2.20. The molecule has 1 heterocycles. The lowest BCUT2D eigenvalue weighted by molar-refractivity contribution is 0.0677. The fourth-order valence-electron chi connectivity index (χ4n) is 0.947. The van der Waals surface area contributed by atoms with Crippen molar-refractivity contribution in [2.24, 2.45) is 0 Å². The van der Waals surface area contributed by atoms with Crippen LogP contribution in [0.25, 0.3) is 0 Å². The van der Waals surface area contributed by atoms with Gasteiger partial charge in [-0.2, -0.15) is 0 Å². The van der Waals surface area contributed by atoms with Crippen molar-refractivity contribution in [3.05, 3.63) is 33.5 Å². The predicted octanol–water partition coefficient (Wildman–Crippen LogP) is 1.15. The van der Waals surface area contributed by atoms with E-state index in [1.54, 1.807) is 4.98 Å². The van der Waals surface area contributed by atoms with Crippen molar-refractivity contribution < 1.29 is 23.1 Å². The Morgan fingerprint density at radius 2 is 2.07 bits per heavy atom. The summed E-state index contributed by atoms with van der Waals surface area (Å²) in [7, 11) is 0. The summed E-state index contributed by atoms with van der Waals surface area (Å²) in [6.45, 7) is 0. The van der Waals surface area contributed by atoms with Gasteiger partial charge in [-0.1, -0.05) is 0 Å². The van der Waals surface area contributed by atoms with Crippen LogP contribution in [-0.4, -0.2) is 16.1 Å². The van der Waals surface area contributed by atoms with Crippen LogP contribution in [0, 0.1) is 5.82 Å². The number of hydrogen-bond acceptors (Lipinski definition) is 2. The Hall–Kier alpha value is -1.79. The molecule has 0 aliphatic rings. The summed E-state index contributed by atoms with van der Waals surface area (Å²) in [5.74, 6) is -3.30. The maximum atomic E-state index is 12.8. The third-order valence-electron chi connectivity index (χ3n) is 1.51. The molecule has 0 bridgehead atoms. The smallest absolute Gasteiger partial charge is 0.339 e. The van der Waals surface area contributed by atoms with Crippen molar-refractivity contribution in [1.82, 2.24) is 4.98 Å². The number of rotatable bonds is 2. The highest BCUT2D eigenvalue weighted by molar-refractivity contribution is 5.89. The fourth-order valence-corrected chi connectivity index (χ4v) is 0.947. The molecule has 0 saturated heterocycles. The Morgan fingerprint density at radius 1 is 1.50 bits per heavy atom. The Balaban J connectivity index is 3.58. The lowest BCUT2D eigenvalue weighted by Crippen LogP contribution is -2.20. The molecule has 4 nitrogen and oxygen atoms in total. The SMILES string of the molecule is O=C(O)c1c(F)c[nH]c(=O)c1C(F)F. The maximum Gasteiger partial charge on any atom is 0.339 e. The van der Waals surface area contributed by atoms with E-state index in [1.807, 2.05) is 0 Å². The minimum atomic E-state index is -3.33. The van der Waals surface area contributed by atoms with Gasteiger partial charge in [-0.25, -0.2) is 18.0 Å². The summed E-state index contributed by atoms with van der Waals surface area (Å²) >= 11 is 0. The molecule has 1 aromatic rings. The zero-order valence-electron chi connectivity index (χ0n) is 6.55. The number of hydrogen-bond donors (Lipinski definition) is 2. The highest BCUT2D eigenvalue weighted by Gasteiger charge is 2.25. The van der Waals surface area contributed by atoms with Gasteiger partial charge in [-0.15, -0.1) is 0 Å². The van der Waals surface area contributed by atoms with Gasteiger partial charge in [-0.05, 0) is 0 Å². The van der Waals surface area contributed by atoms with Gasteiger partial charge in [0.25, 0.3) is 12.0 Å². The Labute approximate surface area is 75.0 Å². The van der Waals surface area contributed by atoms with Crippen molar-refractivity contribution in [2.45, 2.75) is 6.43 Å². The monoisotopic (exact) mass is 207 g/mol. The number of halogens is 3. The van der Waals surface area contributed by atoms with Gasteiger partial charge < -0.3 is 10.1 Å². The van der Waals surface area contributed by atoms with E-state index in [9.17, 15) is 22.8 Å². The second-order valence-corrected chi connectivity index (χ2v) is 2.36. The van der Waals surface area contributed by atoms with Crippen LogP contribution in [0.5, 0.6) is 0 Å². The van der Waals surface area contributed by atoms with Gasteiger partial charge >= 0.3 is 5.97 Å². The minimum absolute atomic E-state index is 0.428. The second kappa shape index (κ2) is 3.52. The number of nitrogens with one attached hydrogen (secondary N) is 1. The van der Waals surface area contributed by atoms with Crippen LogP contribution in [0.3, 0.4) is 0 Å². The largest absolute Gasteiger partial charge is 0.478 e. The van der Waals surface area contributed by atoms with E-state index in [-0.39, 0.29) is 0 Å². The van der Waals surface area contributed by atoms with Crippen LogP contribution in [0.15, 0.2) is 11.0 Å². The van der Waals surface area contributed by atoms with E-state index in [0.29, 0.717) is 6.20 Å².